The van der Waals surface area contributed by atoms with Gasteiger partial charge in [0.2, 0.25) is 0 Å². The van der Waals surface area contributed by atoms with Gasteiger partial charge in [0.15, 0.2) is 0 Å². The summed E-state index contributed by atoms with van der Waals surface area (Å²) in [5.41, 5.74) is 3.46. The van der Waals surface area contributed by atoms with E-state index < -0.39 is 0 Å². The topological polar surface area (TPSA) is 58.2 Å². The number of fused-ring (bicyclic) bond motifs is 1. The van der Waals surface area contributed by atoms with Crippen molar-refractivity contribution < 1.29 is 9.59 Å². The van der Waals surface area contributed by atoms with Gasteiger partial charge in [-0.3, -0.25) is 9.59 Å². The molecule has 2 N–H and O–H groups in total. The fraction of sp³-hybridized carbons (Fsp3) is 0.368. The summed E-state index contributed by atoms with van der Waals surface area (Å²) < 4.78 is 0. The number of nitrogens with one attached hydrogen (secondary N) is 2. The zero-order valence-electron chi connectivity index (χ0n) is 14.2. The summed E-state index contributed by atoms with van der Waals surface area (Å²) in [6, 6.07) is 7.44. The molecule has 0 fully saturated rings. The normalized spacial score (nSPS) is 16.4. The third-order valence-electron chi connectivity index (χ3n) is 4.51. The van der Waals surface area contributed by atoms with Gasteiger partial charge in [0.05, 0.1) is 5.56 Å². The summed E-state index contributed by atoms with van der Waals surface area (Å²) in [6.45, 7) is 4.21. The first-order chi connectivity index (χ1) is 11.5. The summed E-state index contributed by atoms with van der Waals surface area (Å²) in [5, 5.41) is 6.32. The Morgan fingerprint density at radius 2 is 1.88 bits per heavy atom. The molecule has 24 heavy (non-hydrogen) atoms. The van der Waals surface area contributed by atoms with Crippen molar-refractivity contribution in [1.82, 2.24) is 5.32 Å². The molecule has 0 saturated heterocycles. The van der Waals surface area contributed by atoms with Crippen molar-refractivity contribution in [3.05, 3.63) is 51.4 Å². The van der Waals surface area contributed by atoms with E-state index >= 15 is 0 Å². The molecule has 4 nitrogen and oxygen atoms in total. The van der Waals surface area contributed by atoms with Crippen LogP contribution in [-0.4, -0.2) is 18.9 Å². The number of benzene rings is 1. The third kappa shape index (κ3) is 3.22. The van der Waals surface area contributed by atoms with Crippen LogP contribution in [0.25, 0.3) is 0 Å². The highest BCUT2D eigenvalue weighted by Crippen LogP contribution is 2.39. The molecule has 1 atom stereocenters. The molecule has 0 spiro atoms. The molecule has 1 aromatic heterocycles. The smallest absolute Gasteiger partial charge is 0.256 e. The Bertz CT molecular complexity index is 777. The Kier molecular flexibility index (Phi) is 4.71. The van der Waals surface area contributed by atoms with Crippen molar-refractivity contribution in [2.75, 3.05) is 12.4 Å². The van der Waals surface area contributed by atoms with Crippen LogP contribution in [-0.2, 0) is 12.8 Å². The van der Waals surface area contributed by atoms with Crippen molar-refractivity contribution in [2.24, 2.45) is 5.92 Å². The Morgan fingerprint density at radius 1 is 1.17 bits per heavy atom. The number of carbonyl (C=O) groups excluding carboxylic acids is 2. The van der Waals surface area contributed by atoms with E-state index in [2.05, 4.69) is 17.6 Å². The number of carbonyl (C=O) groups is 2. The second-order valence-electron chi connectivity index (χ2n) is 6.46. The van der Waals surface area contributed by atoms with Crippen LogP contribution in [0.5, 0.6) is 0 Å². The lowest BCUT2D eigenvalue weighted by atomic mass is 9.88. The number of anilines is 1. The summed E-state index contributed by atoms with van der Waals surface area (Å²) >= 11 is 1.54. The van der Waals surface area contributed by atoms with E-state index in [9.17, 15) is 9.59 Å². The van der Waals surface area contributed by atoms with Crippen LogP contribution in [0.1, 0.15) is 50.1 Å². The summed E-state index contributed by atoms with van der Waals surface area (Å²) in [6.07, 6.45) is 2.96. The van der Waals surface area contributed by atoms with Crippen LogP contribution < -0.4 is 10.6 Å². The Hall–Kier alpha value is -2.14. The van der Waals surface area contributed by atoms with Gasteiger partial charge < -0.3 is 10.6 Å². The quantitative estimate of drug-likeness (QED) is 0.891. The number of hydrogen-bond acceptors (Lipinski definition) is 3. The molecule has 1 aliphatic carbocycles. The maximum Gasteiger partial charge on any atom is 0.256 e. The molecule has 0 radical (unpaired) electrons. The molecule has 1 heterocycles. The highest BCUT2D eigenvalue weighted by atomic mass is 32.1. The molecule has 2 amide bonds. The first-order valence-corrected chi connectivity index (χ1v) is 9.06. The number of thiophene rings is 1. The van der Waals surface area contributed by atoms with Gasteiger partial charge in [-0.15, -0.1) is 11.3 Å². The van der Waals surface area contributed by atoms with Crippen LogP contribution >= 0.6 is 11.3 Å². The van der Waals surface area contributed by atoms with E-state index in [0.29, 0.717) is 22.0 Å². The van der Waals surface area contributed by atoms with Gasteiger partial charge in [0.1, 0.15) is 5.00 Å². The lowest BCUT2D eigenvalue weighted by Gasteiger charge is -2.18. The second kappa shape index (κ2) is 6.77. The number of amides is 2. The van der Waals surface area contributed by atoms with Crippen molar-refractivity contribution >= 4 is 28.2 Å². The largest absolute Gasteiger partial charge is 0.355 e. The number of rotatable bonds is 3. The van der Waals surface area contributed by atoms with Gasteiger partial charge in [-0.05, 0) is 49.8 Å². The second-order valence-corrected chi connectivity index (χ2v) is 7.56. The Labute approximate surface area is 146 Å². The molecular weight excluding hydrogens is 320 g/mol. The minimum absolute atomic E-state index is 0.124. The fourth-order valence-corrected chi connectivity index (χ4v) is 4.49. The third-order valence-corrected chi connectivity index (χ3v) is 5.68. The average Bonchev–Trinajstić information content (AvgIpc) is 2.91. The molecule has 0 aliphatic heterocycles. The van der Waals surface area contributed by atoms with E-state index in [-0.39, 0.29) is 11.8 Å². The SMILES string of the molecule is CNC(=O)c1c(NC(=O)c2ccc(C)cc2)sc2c1CCC(C)C2. The number of hydrogen-bond donors (Lipinski definition) is 2. The fourth-order valence-electron chi connectivity index (χ4n) is 3.08. The van der Waals surface area contributed by atoms with Crippen LogP contribution in [0.3, 0.4) is 0 Å². The van der Waals surface area contributed by atoms with E-state index in [1.54, 1.807) is 30.5 Å². The lowest BCUT2D eigenvalue weighted by molar-refractivity contribution is 0.0963. The van der Waals surface area contributed by atoms with E-state index in [4.69, 9.17) is 0 Å². The van der Waals surface area contributed by atoms with E-state index in [0.717, 1.165) is 30.4 Å². The molecule has 3 rings (SSSR count). The number of aryl methyl sites for hydroxylation is 1. The minimum atomic E-state index is -0.174. The van der Waals surface area contributed by atoms with Crippen LogP contribution in [0.15, 0.2) is 24.3 Å². The molecule has 1 aromatic carbocycles. The van der Waals surface area contributed by atoms with Crippen molar-refractivity contribution in [3.8, 4) is 0 Å². The first-order valence-electron chi connectivity index (χ1n) is 8.24. The standard InChI is InChI=1S/C19H22N2O2S/c1-11-4-7-13(8-5-11)17(22)21-19-16(18(23)20-3)14-9-6-12(2)10-15(14)24-19/h4-5,7-8,12H,6,9-10H2,1-3H3,(H,20,23)(H,21,22). The highest BCUT2D eigenvalue weighted by Gasteiger charge is 2.28. The Morgan fingerprint density at radius 3 is 2.54 bits per heavy atom. The monoisotopic (exact) mass is 342 g/mol. The van der Waals surface area contributed by atoms with Crippen molar-refractivity contribution in [2.45, 2.75) is 33.1 Å². The molecule has 1 unspecified atom stereocenters. The van der Waals surface area contributed by atoms with E-state index in [1.807, 2.05) is 19.1 Å². The van der Waals surface area contributed by atoms with Crippen LogP contribution in [0, 0.1) is 12.8 Å². The van der Waals surface area contributed by atoms with E-state index in [1.165, 1.54) is 4.88 Å². The van der Waals surface area contributed by atoms with Crippen molar-refractivity contribution in [1.29, 1.82) is 0 Å². The maximum absolute atomic E-state index is 12.5. The molecule has 0 saturated carbocycles. The summed E-state index contributed by atoms with van der Waals surface area (Å²) in [4.78, 5) is 26.1. The summed E-state index contributed by atoms with van der Waals surface area (Å²) in [7, 11) is 1.63. The van der Waals surface area contributed by atoms with Gasteiger partial charge in [0.25, 0.3) is 11.8 Å². The molecular formula is C19H22N2O2S. The molecule has 2 aromatic rings. The Balaban J connectivity index is 1.93. The predicted molar refractivity (Wildman–Crippen MR) is 98.0 cm³/mol. The zero-order valence-corrected chi connectivity index (χ0v) is 15.0. The minimum Gasteiger partial charge on any atom is -0.355 e. The summed E-state index contributed by atoms with van der Waals surface area (Å²) in [5.74, 6) is 0.322. The zero-order chi connectivity index (χ0) is 17.3. The van der Waals surface area contributed by atoms with Gasteiger partial charge in [-0.25, -0.2) is 0 Å². The average molecular weight is 342 g/mol. The van der Waals surface area contributed by atoms with Gasteiger partial charge in [0, 0.05) is 17.5 Å². The molecule has 126 valence electrons. The molecule has 5 heteroatoms. The van der Waals surface area contributed by atoms with Crippen molar-refractivity contribution in [3.63, 3.8) is 0 Å². The molecule has 1 aliphatic rings. The van der Waals surface area contributed by atoms with Crippen LogP contribution in [0.2, 0.25) is 0 Å². The first kappa shape index (κ1) is 16.7. The maximum atomic E-state index is 12.5. The predicted octanol–water partition coefficient (Wildman–Crippen LogP) is 3.79. The highest BCUT2D eigenvalue weighted by molar-refractivity contribution is 7.17. The molecule has 0 bridgehead atoms. The van der Waals surface area contributed by atoms with Gasteiger partial charge >= 0.3 is 0 Å². The van der Waals surface area contributed by atoms with Crippen LogP contribution in [0.4, 0.5) is 5.00 Å². The lowest BCUT2D eigenvalue weighted by Crippen LogP contribution is -2.22. The van der Waals surface area contributed by atoms with Gasteiger partial charge in [-0.1, -0.05) is 24.6 Å². The van der Waals surface area contributed by atoms with Gasteiger partial charge in [-0.2, -0.15) is 0 Å².